The number of rotatable bonds is 17. The molecule has 1 N–H and O–H groups in total. The molecule has 3 aromatic carbocycles. The van der Waals surface area contributed by atoms with Crippen molar-refractivity contribution in [1.29, 1.82) is 0 Å². The second kappa shape index (κ2) is 18.7. The Bertz CT molecular complexity index is 1570. The van der Waals surface area contributed by atoms with E-state index in [1.165, 1.54) is 29.6 Å². The molecule has 1 aliphatic carbocycles. The van der Waals surface area contributed by atoms with Gasteiger partial charge in [-0.3, -0.25) is 0 Å². The van der Waals surface area contributed by atoms with Gasteiger partial charge in [0.15, 0.2) is 5.79 Å². The Hall–Kier alpha value is -2.78. The Morgan fingerprint density at radius 1 is 0.818 bits per heavy atom. The summed E-state index contributed by atoms with van der Waals surface area (Å²) in [6.07, 6.45) is 11.0. The molecule has 55 heavy (non-hydrogen) atoms. The standard InChI is InChI=1S/C48H70O6Si/c1-35(21-20-32-48(9,49)45-44(52-47(7,8)53-45)39-22-14-11-15-23-39)43(51-34-38-28-30-40(50-10)31-29-38)33-36(2)37(3)54-55(46(4,5)6,41-24-16-12-17-25-41)42-26-18-13-19-27-42/h12-13,16-20,24-32,35-37,39,43-45,49H,11,14-15,21-23,33-34H2,1-10H3/b32-20+/t35-,36-,37-,43+,44+,45+,48+/m0/s1. The summed E-state index contributed by atoms with van der Waals surface area (Å²) in [5, 5.41) is 14.4. The summed E-state index contributed by atoms with van der Waals surface area (Å²) in [5.74, 6) is 0.907. The van der Waals surface area contributed by atoms with E-state index in [4.69, 9.17) is 23.4 Å². The Morgan fingerprint density at radius 3 is 1.95 bits per heavy atom. The molecular weight excluding hydrogens is 701 g/mol. The lowest BCUT2D eigenvalue weighted by Gasteiger charge is -2.46. The average Bonchev–Trinajstić information content (AvgIpc) is 3.52. The van der Waals surface area contributed by atoms with E-state index >= 15 is 0 Å². The molecule has 1 aliphatic heterocycles. The predicted molar refractivity (Wildman–Crippen MR) is 227 cm³/mol. The van der Waals surface area contributed by atoms with Crippen LogP contribution in [0.5, 0.6) is 5.75 Å². The van der Waals surface area contributed by atoms with Crippen LogP contribution in [0.4, 0.5) is 0 Å². The normalized spacial score (nSPS) is 22.9. The van der Waals surface area contributed by atoms with Crippen molar-refractivity contribution >= 4 is 18.7 Å². The quantitative estimate of drug-likeness (QED) is 0.109. The predicted octanol–water partition coefficient (Wildman–Crippen LogP) is 10.0. The molecule has 0 radical (unpaired) electrons. The molecule has 0 bridgehead atoms. The lowest BCUT2D eigenvalue weighted by atomic mass is 9.79. The first-order valence-corrected chi connectivity index (χ1v) is 22.8. The van der Waals surface area contributed by atoms with Gasteiger partial charge in [-0.15, -0.1) is 0 Å². The second-order valence-electron chi connectivity index (χ2n) is 18.2. The monoisotopic (exact) mass is 770 g/mol. The summed E-state index contributed by atoms with van der Waals surface area (Å²) in [5.41, 5.74) is -0.0592. The van der Waals surface area contributed by atoms with E-state index < -0.39 is 25.8 Å². The molecule has 0 spiro atoms. The molecule has 7 atom stereocenters. The highest BCUT2D eigenvalue weighted by molar-refractivity contribution is 6.99. The highest BCUT2D eigenvalue weighted by Crippen LogP contribution is 2.43. The molecule has 2 fully saturated rings. The zero-order valence-electron chi connectivity index (χ0n) is 35.4. The van der Waals surface area contributed by atoms with Gasteiger partial charge in [0, 0.05) is 6.10 Å². The third-order valence-corrected chi connectivity index (χ3v) is 17.4. The van der Waals surface area contributed by atoms with E-state index in [0.717, 1.165) is 37.0 Å². The first-order valence-electron chi connectivity index (χ1n) is 20.9. The summed E-state index contributed by atoms with van der Waals surface area (Å²) in [7, 11) is -1.04. The third-order valence-electron chi connectivity index (χ3n) is 12.2. The molecule has 0 aromatic heterocycles. The van der Waals surface area contributed by atoms with Gasteiger partial charge < -0.3 is 28.5 Å². The number of allylic oxidation sites excluding steroid dienone is 1. The maximum Gasteiger partial charge on any atom is 0.261 e. The lowest BCUT2D eigenvalue weighted by Crippen LogP contribution is -2.68. The number of ether oxygens (including phenoxy) is 4. The second-order valence-corrected chi connectivity index (χ2v) is 22.4. The smallest absolute Gasteiger partial charge is 0.261 e. The largest absolute Gasteiger partial charge is 0.497 e. The van der Waals surface area contributed by atoms with Gasteiger partial charge in [0.1, 0.15) is 17.5 Å². The van der Waals surface area contributed by atoms with Crippen LogP contribution in [-0.4, -0.2) is 56.3 Å². The topological polar surface area (TPSA) is 66.4 Å². The van der Waals surface area contributed by atoms with Gasteiger partial charge in [0.25, 0.3) is 8.32 Å². The summed E-state index contributed by atoms with van der Waals surface area (Å²) in [6.45, 7) is 20.1. The number of hydrogen-bond acceptors (Lipinski definition) is 6. The van der Waals surface area contributed by atoms with Crippen LogP contribution in [0.25, 0.3) is 0 Å². The van der Waals surface area contributed by atoms with Gasteiger partial charge in [-0.1, -0.05) is 139 Å². The van der Waals surface area contributed by atoms with Gasteiger partial charge in [0.2, 0.25) is 0 Å². The molecule has 3 aromatic rings. The minimum atomic E-state index is -2.73. The first-order chi connectivity index (χ1) is 26.1. The zero-order valence-corrected chi connectivity index (χ0v) is 36.4. The van der Waals surface area contributed by atoms with Crippen LogP contribution in [-0.2, 0) is 25.2 Å². The minimum absolute atomic E-state index is 0.0264. The highest BCUT2D eigenvalue weighted by Gasteiger charge is 2.53. The van der Waals surface area contributed by atoms with Crippen LogP contribution >= 0.6 is 0 Å². The molecule has 302 valence electrons. The Balaban J connectivity index is 1.35. The van der Waals surface area contributed by atoms with Gasteiger partial charge in [-0.25, -0.2) is 0 Å². The fourth-order valence-corrected chi connectivity index (χ4v) is 13.7. The zero-order chi connectivity index (χ0) is 39.9. The summed E-state index contributed by atoms with van der Waals surface area (Å²) >= 11 is 0. The lowest BCUT2D eigenvalue weighted by molar-refractivity contribution is -0.163. The van der Waals surface area contributed by atoms with E-state index in [9.17, 15) is 5.11 Å². The van der Waals surface area contributed by atoms with Crippen molar-refractivity contribution in [1.82, 2.24) is 0 Å². The van der Waals surface area contributed by atoms with Gasteiger partial charge in [-0.05, 0) is 104 Å². The molecular formula is C48H70O6Si. The molecule has 6 nitrogen and oxygen atoms in total. The van der Waals surface area contributed by atoms with Crippen LogP contribution < -0.4 is 15.1 Å². The summed E-state index contributed by atoms with van der Waals surface area (Å²) in [6, 6.07) is 29.9. The van der Waals surface area contributed by atoms with Crippen molar-refractivity contribution in [3.05, 3.63) is 103 Å². The van der Waals surface area contributed by atoms with Crippen molar-refractivity contribution < 1.29 is 28.5 Å². The van der Waals surface area contributed by atoms with Crippen molar-refractivity contribution in [3.63, 3.8) is 0 Å². The summed E-state index contributed by atoms with van der Waals surface area (Å²) in [4.78, 5) is 0. The van der Waals surface area contributed by atoms with E-state index in [1.807, 2.05) is 39.0 Å². The van der Waals surface area contributed by atoms with Gasteiger partial charge >= 0.3 is 0 Å². The Labute approximate surface area is 334 Å². The van der Waals surface area contributed by atoms with Crippen LogP contribution in [0.1, 0.15) is 113 Å². The van der Waals surface area contributed by atoms with E-state index in [-0.39, 0.29) is 35.2 Å². The molecule has 5 rings (SSSR count). The van der Waals surface area contributed by atoms with E-state index in [1.54, 1.807) is 7.11 Å². The van der Waals surface area contributed by atoms with E-state index in [0.29, 0.717) is 12.5 Å². The van der Waals surface area contributed by atoms with Crippen LogP contribution in [0.2, 0.25) is 5.04 Å². The maximum absolute atomic E-state index is 11.9. The van der Waals surface area contributed by atoms with Crippen molar-refractivity contribution in [2.24, 2.45) is 17.8 Å². The van der Waals surface area contributed by atoms with Crippen LogP contribution in [0, 0.1) is 17.8 Å². The Kier molecular flexibility index (Phi) is 14.7. The molecule has 2 aliphatic rings. The van der Waals surface area contributed by atoms with E-state index in [2.05, 4.69) is 120 Å². The fraction of sp³-hybridized carbons (Fsp3) is 0.583. The highest BCUT2D eigenvalue weighted by atomic mass is 28.4. The number of benzene rings is 3. The minimum Gasteiger partial charge on any atom is -0.497 e. The first kappa shape index (κ1) is 43.3. The number of aliphatic hydroxyl groups is 1. The number of methoxy groups -OCH3 is 1. The molecule has 1 saturated carbocycles. The van der Waals surface area contributed by atoms with Crippen LogP contribution in [0.15, 0.2) is 97.1 Å². The summed E-state index contributed by atoms with van der Waals surface area (Å²) < 4.78 is 32.7. The van der Waals surface area contributed by atoms with Crippen molar-refractivity contribution in [2.75, 3.05) is 7.11 Å². The third kappa shape index (κ3) is 10.8. The molecule has 0 unspecified atom stereocenters. The van der Waals surface area contributed by atoms with Crippen molar-refractivity contribution in [3.8, 4) is 5.75 Å². The SMILES string of the molecule is COc1ccc(CO[C@H](C[C@H](C)[C@H](C)O[Si](c2ccccc2)(c2ccccc2)C(C)(C)C)[C@@H](C)C/C=C/[C@@](C)(O)[C@@H]2OC(C)(C)O[C@@H]2C2CCCCC2)cc1. The molecule has 0 amide bonds. The van der Waals surface area contributed by atoms with Gasteiger partial charge in [-0.2, -0.15) is 0 Å². The molecule has 7 heteroatoms. The Morgan fingerprint density at radius 2 is 1.40 bits per heavy atom. The van der Waals surface area contributed by atoms with Crippen LogP contribution in [0.3, 0.4) is 0 Å². The fourth-order valence-electron chi connectivity index (χ4n) is 8.85. The van der Waals surface area contributed by atoms with Gasteiger partial charge in [0.05, 0.1) is 25.9 Å². The molecule has 1 saturated heterocycles. The van der Waals surface area contributed by atoms with Crippen molar-refractivity contribution in [2.45, 2.75) is 155 Å². The molecule has 1 heterocycles. The number of hydrogen-bond donors (Lipinski definition) is 1. The maximum atomic E-state index is 11.9. The average molecular weight is 771 g/mol.